The molecule has 0 saturated heterocycles. The molecule has 190 valence electrons. The van der Waals surface area contributed by atoms with Gasteiger partial charge in [0.2, 0.25) is 17.7 Å². The van der Waals surface area contributed by atoms with Crippen LogP contribution >= 0.6 is 0 Å². The van der Waals surface area contributed by atoms with E-state index in [1.54, 1.807) is 6.92 Å². The van der Waals surface area contributed by atoms with Gasteiger partial charge in [0.1, 0.15) is 18.1 Å². The monoisotopic (exact) mass is 471 g/mol. The maximum atomic E-state index is 13.0. The zero-order valence-corrected chi connectivity index (χ0v) is 20.3. The maximum Gasteiger partial charge on any atom is 0.326 e. The second kappa shape index (κ2) is 15.0. The van der Waals surface area contributed by atoms with E-state index < -0.39 is 47.9 Å². The Morgan fingerprint density at radius 1 is 0.909 bits per heavy atom. The van der Waals surface area contributed by atoms with Gasteiger partial charge in [0.05, 0.1) is 6.04 Å². The van der Waals surface area contributed by atoms with Gasteiger partial charge in [-0.3, -0.25) is 19.4 Å². The molecule has 0 saturated carbocycles. The predicted octanol–water partition coefficient (Wildman–Crippen LogP) is -0.982. The predicted molar refractivity (Wildman–Crippen MR) is 126 cm³/mol. The third kappa shape index (κ3) is 12.1. The molecule has 5 atom stereocenters. The first kappa shape index (κ1) is 30.1. The highest BCUT2D eigenvalue weighted by atomic mass is 16.4. The van der Waals surface area contributed by atoms with Crippen molar-refractivity contribution in [3.05, 3.63) is 0 Å². The van der Waals surface area contributed by atoms with Crippen LogP contribution in [-0.4, -0.2) is 65.5 Å². The fourth-order valence-corrected chi connectivity index (χ4v) is 2.99. The van der Waals surface area contributed by atoms with Crippen molar-refractivity contribution in [2.24, 2.45) is 34.0 Å². The molecule has 0 bridgehead atoms. The van der Waals surface area contributed by atoms with Gasteiger partial charge in [-0.1, -0.05) is 34.1 Å². The summed E-state index contributed by atoms with van der Waals surface area (Å²) in [4.78, 5) is 53.4. The smallest absolute Gasteiger partial charge is 0.326 e. The van der Waals surface area contributed by atoms with E-state index in [4.69, 9.17) is 17.2 Å². The molecule has 3 amide bonds. The minimum atomic E-state index is -1.14. The van der Waals surface area contributed by atoms with Crippen LogP contribution in [0.3, 0.4) is 0 Å². The summed E-state index contributed by atoms with van der Waals surface area (Å²) in [7, 11) is 0. The van der Waals surface area contributed by atoms with Crippen LogP contribution in [0.15, 0.2) is 4.99 Å². The average molecular weight is 472 g/mol. The first-order valence-corrected chi connectivity index (χ1v) is 11.2. The molecule has 0 heterocycles. The molecule has 0 radical (unpaired) electrons. The largest absolute Gasteiger partial charge is 0.480 e. The normalized spacial score (nSPS) is 15.5. The van der Waals surface area contributed by atoms with Gasteiger partial charge in [0, 0.05) is 6.54 Å². The van der Waals surface area contributed by atoms with E-state index in [9.17, 15) is 24.3 Å². The lowest BCUT2D eigenvalue weighted by atomic mass is 9.97. The highest BCUT2D eigenvalue weighted by Gasteiger charge is 2.31. The maximum absolute atomic E-state index is 13.0. The van der Waals surface area contributed by atoms with Gasteiger partial charge < -0.3 is 38.3 Å². The van der Waals surface area contributed by atoms with Gasteiger partial charge in [-0.05, 0) is 38.0 Å². The number of carboxylic acids is 1. The Morgan fingerprint density at radius 2 is 1.45 bits per heavy atom. The van der Waals surface area contributed by atoms with Gasteiger partial charge in [-0.2, -0.15) is 0 Å². The number of guanidine groups is 1. The Bertz CT molecular complexity index is 692. The Labute approximate surface area is 195 Å². The summed E-state index contributed by atoms with van der Waals surface area (Å²) >= 11 is 0. The fourth-order valence-electron chi connectivity index (χ4n) is 2.99. The minimum Gasteiger partial charge on any atom is -0.480 e. The molecule has 0 aromatic carbocycles. The average Bonchev–Trinajstić information content (AvgIpc) is 2.71. The second-order valence-corrected chi connectivity index (χ2v) is 8.70. The molecule has 12 nitrogen and oxygen atoms in total. The number of hydrogen-bond donors (Lipinski definition) is 7. The first-order valence-electron chi connectivity index (χ1n) is 11.2. The van der Waals surface area contributed by atoms with E-state index in [0.29, 0.717) is 12.8 Å². The number of carbonyl (C=O) groups excluding carboxylic acids is 3. The van der Waals surface area contributed by atoms with Crippen LogP contribution < -0.4 is 33.2 Å². The summed E-state index contributed by atoms with van der Waals surface area (Å²) < 4.78 is 0. The number of nitrogens with zero attached hydrogens (tertiary/aromatic N) is 1. The quantitative estimate of drug-likeness (QED) is 0.0892. The Kier molecular flexibility index (Phi) is 13.7. The van der Waals surface area contributed by atoms with E-state index in [-0.39, 0.29) is 37.2 Å². The van der Waals surface area contributed by atoms with Crippen molar-refractivity contribution < 1.29 is 24.3 Å². The lowest BCUT2D eigenvalue weighted by molar-refractivity contribution is -0.144. The molecule has 0 aliphatic rings. The molecule has 0 spiro atoms. The van der Waals surface area contributed by atoms with Crippen molar-refractivity contribution in [1.29, 1.82) is 0 Å². The highest BCUT2D eigenvalue weighted by molar-refractivity contribution is 5.94. The van der Waals surface area contributed by atoms with Crippen molar-refractivity contribution >= 4 is 29.7 Å². The second-order valence-electron chi connectivity index (χ2n) is 8.70. The van der Waals surface area contributed by atoms with Crippen LogP contribution in [0.1, 0.15) is 60.3 Å². The highest BCUT2D eigenvalue weighted by Crippen LogP contribution is 2.11. The Morgan fingerprint density at radius 3 is 1.91 bits per heavy atom. The number of amides is 3. The molecule has 10 N–H and O–H groups in total. The van der Waals surface area contributed by atoms with Crippen LogP contribution in [0.2, 0.25) is 0 Å². The number of rotatable bonds is 15. The lowest BCUT2D eigenvalue weighted by Crippen LogP contribution is -2.57. The summed E-state index contributed by atoms with van der Waals surface area (Å²) in [5.41, 5.74) is 16.2. The fraction of sp³-hybridized carbons (Fsp3) is 0.762. The summed E-state index contributed by atoms with van der Waals surface area (Å²) in [5, 5.41) is 17.2. The zero-order valence-electron chi connectivity index (χ0n) is 20.3. The summed E-state index contributed by atoms with van der Waals surface area (Å²) in [5.74, 6) is -3.19. The van der Waals surface area contributed by atoms with Crippen LogP contribution in [0.25, 0.3) is 0 Å². The van der Waals surface area contributed by atoms with Crippen LogP contribution in [0.4, 0.5) is 0 Å². The standard InChI is InChI=1S/C21H41N7O5/c1-6-12(4)16(20(32)33)28-19(31)15(10-11(2)3)27-18(30)14(26-17(29)13(5)22)8-7-9-25-21(23)24/h11-16H,6-10,22H2,1-5H3,(H,26,29)(H,27,30)(H,28,31)(H,32,33)(H4,23,24,25). The summed E-state index contributed by atoms with van der Waals surface area (Å²) in [6, 6.07) is -3.86. The Balaban J connectivity index is 5.52. The van der Waals surface area contributed by atoms with Crippen LogP contribution in [0.5, 0.6) is 0 Å². The van der Waals surface area contributed by atoms with E-state index >= 15 is 0 Å². The summed E-state index contributed by atoms with van der Waals surface area (Å²) in [6.45, 7) is 9.05. The molecular weight excluding hydrogens is 430 g/mol. The third-order valence-corrected chi connectivity index (χ3v) is 5.11. The molecule has 12 heteroatoms. The van der Waals surface area contributed by atoms with E-state index in [2.05, 4.69) is 20.9 Å². The first-order chi connectivity index (χ1) is 15.3. The molecule has 0 fully saturated rings. The molecule has 0 aromatic rings. The van der Waals surface area contributed by atoms with Crippen molar-refractivity contribution in [1.82, 2.24) is 16.0 Å². The third-order valence-electron chi connectivity index (χ3n) is 5.11. The number of aliphatic imine (C=N–C) groups is 1. The van der Waals surface area contributed by atoms with E-state index in [0.717, 1.165) is 0 Å². The number of nitrogens with one attached hydrogen (secondary N) is 3. The molecule has 0 aliphatic heterocycles. The van der Waals surface area contributed by atoms with Gasteiger partial charge in [-0.15, -0.1) is 0 Å². The van der Waals surface area contributed by atoms with Gasteiger partial charge in [-0.25, -0.2) is 4.79 Å². The minimum absolute atomic E-state index is 0.0342. The topological polar surface area (TPSA) is 215 Å². The van der Waals surface area contributed by atoms with Crippen molar-refractivity contribution in [3.63, 3.8) is 0 Å². The number of carboxylic acid groups (broad SMARTS) is 1. The van der Waals surface area contributed by atoms with Crippen LogP contribution in [0, 0.1) is 11.8 Å². The number of carbonyl (C=O) groups is 4. The number of hydrogen-bond acceptors (Lipinski definition) is 6. The lowest BCUT2D eigenvalue weighted by Gasteiger charge is -2.27. The molecule has 0 aromatic heterocycles. The van der Waals surface area contributed by atoms with Gasteiger partial charge >= 0.3 is 5.97 Å². The van der Waals surface area contributed by atoms with Gasteiger partial charge in [0.25, 0.3) is 0 Å². The molecule has 0 aliphatic carbocycles. The summed E-state index contributed by atoms with van der Waals surface area (Å²) in [6.07, 6.45) is 1.44. The number of nitrogens with two attached hydrogens (primary N) is 3. The Hall–Kier alpha value is -2.89. The van der Waals surface area contributed by atoms with E-state index in [1.807, 2.05) is 20.8 Å². The molecule has 0 rings (SSSR count). The molecular formula is C21H41N7O5. The zero-order chi connectivity index (χ0) is 25.7. The van der Waals surface area contributed by atoms with E-state index in [1.165, 1.54) is 6.92 Å². The van der Waals surface area contributed by atoms with Crippen molar-refractivity contribution in [2.75, 3.05) is 6.54 Å². The van der Waals surface area contributed by atoms with Gasteiger partial charge in [0.15, 0.2) is 5.96 Å². The van der Waals surface area contributed by atoms with Crippen molar-refractivity contribution in [2.45, 2.75) is 84.5 Å². The SMILES string of the molecule is CCC(C)C(NC(=O)C(CC(C)C)NC(=O)C(CCCN=C(N)N)NC(=O)C(C)N)C(=O)O. The molecule has 33 heavy (non-hydrogen) atoms. The number of aliphatic carboxylic acids is 1. The van der Waals surface area contributed by atoms with Crippen LogP contribution in [-0.2, 0) is 19.2 Å². The van der Waals surface area contributed by atoms with Crippen molar-refractivity contribution in [3.8, 4) is 0 Å². The molecule has 5 unspecified atom stereocenters.